The maximum atomic E-state index is 12.6. The fourth-order valence-electron chi connectivity index (χ4n) is 3.03. The maximum Gasteiger partial charge on any atom is 0.261 e. The molecule has 1 aromatic carbocycles. The van der Waals surface area contributed by atoms with Gasteiger partial charge in [-0.2, -0.15) is 0 Å². The summed E-state index contributed by atoms with van der Waals surface area (Å²) in [5.41, 5.74) is 0.724. The van der Waals surface area contributed by atoms with Crippen molar-refractivity contribution in [3.63, 3.8) is 0 Å². The fraction of sp³-hybridized carbons (Fsp3) is 0.316. The Kier molecular flexibility index (Phi) is 5.64. The summed E-state index contributed by atoms with van der Waals surface area (Å²) in [6.07, 6.45) is 1.83. The molecule has 2 heterocycles. The molecule has 1 aliphatic heterocycles. The van der Waals surface area contributed by atoms with Gasteiger partial charge < -0.3 is 4.90 Å². The molecule has 0 saturated carbocycles. The Hall–Kier alpha value is -2.94. The number of rotatable bonds is 7. The molecule has 1 aromatic heterocycles. The highest BCUT2D eigenvalue weighted by atomic mass is 32.2. The molecular formula is C19H22N4O4S. The topological polar surface area (TPSA) is 99.7 Å². The summed E-state index contributed by atoms with van der Waals surface area (Å²) in [4.78, 5) is 31.0. The molecule has 0 spiro atoms. The van der Waals surface area contributed by atoms with Crippen LogP contribution in [0.25, 0.3) is 0 Å². The van der Waals surface area contributed by atoms with Crippen molar-refractivity contribution in [3.8, 4) is 0 Å². The number of sulfonamides is 1. The third kappa shape index (κ3) is 3.99. The number of hydrogen-bond acceptors (Lipinski definition) is 6. The lowest BCUT2D eigenvalue weighted by molar-refractivity contribution is -0.121. The van der Waals surface area contributed by atoms with Crippen LogP contribution in [-0.4, -0.2) is 38.3 Å². The van der Waals surface area contributed by atoms with Gasteiger partial charge in [-0.3, -0.25) is 19.2 Å². The number of benzene rings is 1. The molecule has 0 unspecified atom stereocenters. The molecule has 3 rings (SSSR count). The summed E-state index contributed by atoms with van der Waals surface area (Å²) in [6.45, 7) is 5.66. The Morgan fingerprint density at radius 1 is 1.00 bits per heavy atom. The first-order chi connectivity index (χ1) is 13.4. The molecule has 0 bridgehead atoms. The van der Waals surface area contributed by atoms with Gasteiger partial charge in [0.1, 0.15) is 5.82 Å². The van der Waals surface area contributed by atoms with Gasteiger partial charge in [-0.15, -0.1) is 0 Å². The minimum absolute atomic E-state index is 0.0307. The molecule has 8 nitrogen and oxygen atoms in total. The van der Waals surface area contributed by atoms with Crippen molar-refractivity contribution < 1.29 is 18.0 Å². The van der Waals surface area contributed by atoms with Crippen molar-refractivity contribution in [1.29, 1.82) is 0 Å². The SMILES string of the molecule is CCN(CC)c1ccc(NS(=O)(=O)c2ccc(N3C(=O)CCC3=O)cc2)cn1. The number of hydrogen-bond donors (Lipinski definition) is 1. The highest BCUT2D eigenvalue weighted by Crippen LogP contribution is 2.25. The molecule has 1 fully saturated rings. The molecule has 0 aliphatic carbocycles. The van der Waals surface area contributed by atoms with E-state index >= 15 is 0 Å². The number of aromatic nitrogens is 1. The second-order valence-corrected chi connectivity index (χ2v) is 7.98. The summed E-state index contributed by atoms with van der Waals surface area (Å²) >= 11 is 0. The molecule has 2 amide bonds. The predicted octanol–water partition coefficient (Wildman–Crippen LogP) is 2.38. The quantitative estimate of drug-likeness (QED) is 0.714. The lowest BCUT2D eigenvalue weighted by atomic mass is 10.3. The maximum absolute atomic E-state index is 12.6. The van der Waals surface area contributed by atoms with E-state index in [1.54, 1.807) is 12.1 Å². The van der Waals surface area contributed by atoms with Crippen molar-refractivity contribution in [2.75, 3.05) is 27.6 Å². The number of nitrogens with one attached hydrogen (secondary N) is 1. The standard InChI is InChI=1S/C19H22N4O4S/c1-3-22(4-2)17-10-5-14(13-20-17)21-28(26,27)16-8-6-15(7-9-16)23-18(24)11-12-19(23)25/h5-10,13,21H,3-4,11-12H2,1-2H3. The largest absolute Gasteiger partial charge is 0.357 e. The number of nitrogens with zero attached hydrogens (tertiary/aromatic N) is 3. The highest BCUT2D eigenvalue weighted by Gasteiger charge is 2.30. The minimum atomic E-state index is -3.82. The van der Waals surface area contributed by atoms with Gasteiger partial charge in [-0.05, 0) is 50.2 Å². The van der Waals surface area contributed by atoms with Gasteiger partial charge in [0.05, 0.1) is 22.5 Å². The van der Waals surface area contributed by atoms with E-state index < -0.39 is 10.0 Å². The third-order valence-corrected chi connectivity index (χ3v) is 5.94. The van der Waals surface area contributed by atoms with Crippen LogP contribution >= 0.6 is 0 Å². The van der Waals surface area contributed by atoms with E-state index in [0.717, 1.165) is 23.8 Å². The zero-order valence-electron chi connectivity index (χ0n) is 15.8. The van der Waals surface area contributed by atoms with Gasteiger partial charge in [0, 0.05) is 25.9 Å². The highest BCUT2D eigenvalue weighted by molar-refractivity contribution is 7.92. The van der Waals surface area contributed by atoms with Gasteiger partial charge in [-0.25, -0.2) is 13.4 Å². The van der Waals surface area contributed by atoms with E-state index in [-0.39, 0.29) is 29.6 Å². The molecule has 1 N–H and O–H groups in total. The van der Waals surface area contributed by atoms with Gasteiger partial charge in [0.25, 0.3) is 10.0 Å². The van der Waals surface area contributed by atoms with E-state index in [2.05, 4.69) is 14.6 Å². The number of anilines is 3. The number of imide groups is 1. The molecular weight excluding hydrogens is 380 g/mol. The Morgan fingerprint density at radius 3 is 2.11 bits per heavy atom. The zero-order chi connectivity index (χ0) is 20.3. The van der Waals surface area contributed by atoms with Crippen LogP contribution in [0.5, 0.6) is 0 Å². The monoisotopic (exact) mass is 402 g/mol. The molecule has 9 heteroatoms. The van der Waals surface area contributed by atoms with E-state index in [4.69, 9.17) is 0 Å². The van der Waals surface area contributed by atoms with Crippen molar-refractivity contribution >= 4 is 39.0 Å². The smallest absolute Gasteiger partial charge is 0.261 e. The number of carbonyl (C=O) groups excluding carboxylic acids is 2. The molecule has 148 valence electrons. The Morgan fingerprint density at radius 2 is 1.61 bits per heavy atom. The summed E-state index contributed by atoms with van der Waals surface area (Å²) in [6, 6.07) is 9.07. The summed E-state index contributed by atoms with van der Waals surface area (Å²) in [5.74, 6) is 0.216. The second-order valence-electron chi connectivity index (χ2n) is 6.30. The van der Waals surface area contributed by atoms with Gasteiger partial charge in [-0.1, -0.05) is 0 Å². The van der Waals surface area contributed by atoms with Crippen molar-refractivity contribution in [3.05, 3.63) is 42.6 Å². The van der Waals surface area contributed by atoms with Gasteiger partial charge >= 0.3 is 0 Å². The summed E-state index contributed by atoms with van der Waals surface area (Å²) in [5, 5.41) is 0. The Bertz CT molecular complexity index is 952. The van der Waals surface area contributed by atoms with Crippen molar-refractivity contribution in [2.45, 2.75) is 31.6 Å². The number of pyridine rings is 1. The minimum Gasteiger partial charge on any atom is -0.357 e. The lowest BCUT2D eigenvalue weighted by Crippen LogP contribution is -2.28. The molecule has 2 aromatic rings. The van der Waals surface area contributed by atoms with Crippen molar-refractivity contribution in [2.24, 2.45) is 0 Å². The van der Waals surface area contributed by atoms with Crippen LogP contribution in [0.15, 0.2) is 47.5 Å². The van der Waals surface area contributed by atoms with E-state index in [1.165, 1.54) is 30.5 Å². The van der Waals surface area contributed by atoms with Gasteiger partial charge in [0.2, 0.25) is 11.8 Å². The van der Waals surface area contributed by atoms with Crippen molar-refractivity contribution in [1.82, 2.24) is 4.98 Å². The third-order valence-electron chi connectivity index (χ3n) is 4.54. The second kappa shape index (κ2) is 7.97. The first-order valence-electron chi connectivity index (χ1n) is 9.05. The van der Waals surface area contributed by atoms with Crippen LogP contribution in [0.4, 0.5) is 17.2 Å². The zero-order valence-corrected chi connectivity index (χ0v) is 16.6. The average Bonchev–Trinajstić information content (AvgIpc) is 3.02. The Labute approximate surface area is 164 Å². The number of amides is 2. The van der Waals surface area contributed by atoms with Crippen LogP contribution in [0.3, 0.4) is 0 Å². The predicted molar refractivity (Wildman–Crippen MR) is 107 cm³/mol. The van der Waals surface area contributed by atoms with Crippen LogP contribution in [0, 0.1) is 0 Å². The van der Waals surface area contributed by atoms with Crippen LogP contribution in [-0.2, 0) is 19.6 Å². The van der Waals surface area contributed by atoms with Crippen LogP contribution in [0.2, 0.25) is 0 Å². The first-order valence-corrected chi connectivity index (χ1v) is 10.5. The molecule has 28 heavy (non-hydrogen) atoms. The van der Waals surface area contributed by atoms with Crippen LogP contribution < -0.4 is 14.5 Å². The summed E-state index contributed by atoms with van der Waals surface area (Å²) in [7, 11) is -3.82. The molecule has 1 aliphatic rings. The lowest BCUT2D eigenvalue weighted by Gasteiger charge is -2.19. The first kappa shape index (κ1) is 19.8. The Balaban J connectivity index is 1.76. The van der Waals surface area contributed by atoms with E-state index in [0.29, 0.717) is 11.4 Å². The van der Waals surface area contributed by atoms with E-state index in [1.807, 2.05) is 13.8 Å². The molecule has 0 atom stereocenters. The molecule has 1 saturated heterocycles. The van der Waals surface area contributed by atoms with E-state index in [9.17, 15) is 18.0 Å². The normalized spacial score (nSPS) is 14.4. The van der Waals surface area contributed by atoms with Gasteiger partial charge in [0.15, 0.2) is 0 Å². The summed E-state index contributed by atoms with van der Waals surface area (Å²) < 4.78 is 27.7. The van der Waals surface area contributed by atoms with Crippen LogP contribution in [0.1, 0.15) is 26.7 Å². The number of carbonyl (C=O) groups is 2. The molecule has 0 radical (unpaired) electrons. The fourth-order valence-corrected chi connectivity index (χ4v) is 4.08. The average molecular weight is 402 g/mol.